The van der Waals surface area contributed by atoms with Crippen LogP contribution in [-0.2, 0) is 10.0 Å². The van der Waals surface area contributed by atoms with Crippen LogP contribution in [0.25, 0.3) is 0 Å². The third kappa shape index (κ3) is 3.45. The Balaban J connectivity index is 1.93. The average Bonchev–Trinajstić information content (AvgIpc) is 2.85. The lowest BCUT2D eigenvalue weighted by molar-refractivity contribution is 0.0845. The van der Waals surface area contributed by atoms with Gasteiger partial charge in [0.05, 0.1) is 11.6 Å². The van der Waals surface area contributed by atoms with E-state index in [-0.39, 0.29) is 21.6 Å². The van der Waals surface area contributed by atoms with Gasteiger partial charge in [-0.2, -0.15) is 5.26 Å². The maximum atomic E-state index is 13.9. The second kappa shape index (κ2) is 7.25. The van der Waals surface area contributed by atoms with Gasteiger partial charge in [-0.1, -0.05) is 6.07 Å². The number of rotatable bonds is 4. The standard InChI is InChI=1S/C19H15F2N3O4S/c1-10(2)24-19(26)14-5-3-11(7-17(14)29(24,27)28)18(25)23-16(9-22)13-6-4-12(20)8-15(13)21/h3-8,10,16H,1-2H3,(H,23,25). The zero-order valence-electron chi connectivity index (χ0n) is 15.3. The van der Waals surface area contributed by atoms with Crippen molar-refractivity contribution in [1.82, 2.24) is 9.62 Å². The summed E-state index contributed by atoms with van der Waals surface area (Å²) in [5.41, 5.74) is -0.428. The van der Waals surface area contributed by atoms with Crippen molar-refractivity contribution < 1.29 is 26.8 Å². The molecule has 1 atom stereocenters. The molecule has 10 heteroatoms. The van der Waals surface area contributed by atoms with E-state index in [0.717, 1.165) is 22.5 Å². The molecule has 1 N–H and O–H groups in total. The summed E-state index contributed by atoms with van der Waals surface area (Å²) >= 11 is 0. The van der Waals surface area contributed by atoms with E-state index >= 15 is 0 Å². The molecule has 1 unspecified atom stereocenters. The first-order chi connectivity index (χ1) is 13.6. The monoisotopic (exact) mass is 419 g/mol. The number of hydrogen-bond donors (Lipinski definition) is 1. The summed E-state index contributed by atoms with van der Waals surface area (Å²) in [4.78, 5) is 24.5. The summed E-state index contributed by atoms with van der Waals surface area (Å²) < 4.78 is 53.0. The molecule has 2 amide bonds. The number of hydrogen-bond acceptors (Lipinski definition) is 5. The number of nitrogens with zero attached hydrogens (tertiary/aromatic N) is 2. The molecule has 0 aliphatic carbocycles. The highest BCUT2D eigenvalue weighted by Gasteiger charge is 2.43. The zero-order chi connectivity index (χ0) is 21.5. The fourth-order valence-corrected chi connectivity index (χ4v) is 4.82. The van der Waals surface area contributed by atoms with Crippen molar-refractivity contribution in [3.8, 4) is 6.07 Å². The van der Waals surface area contributed by atoms with Gasteiger partial charge in [0.1, 0.15) is 22.6 Å². The van der Waals surface area contributed by atoms with E-state index in [4.69, 9.17) is 0 Å². The number of nitriles is 1. The Labute approximate surface area is 165 Å². The van der Waals surface area contributed by atoms with Crippen LogP contribution in [0.2, 0.25) is 0 Å². The smallest absolute Gasteiger partial charge is 0.269 e. The van der Waals surface area contributed by atoms with E-state index in [1.165, 1.54) is 12.1 Å². The van der Waals surface area contributed by atoms with Crippen LogP contribution in [0.1, 0.15) is 46.2 Å². The molecule has 0 saturated heterocycles. The molecule has 3 rings (SSSR count). The van der Waals surface area contributed by atoms with E-state index in [1.807, 2.05) is 0 Å². The number of carbonyl (C=O) groups excluding carboxylic acids is 2. The molecule has 0 radical (unpaired) electrons. The summed E-state index contributed by atoms with van der Waals surface area (Å²) in [5.74, 6) is -3.39. The van der Waals surface area contributed by atoms with Crippen molar-refractivity contribution in [2.45, 2.75) is 30.8 Å². The third-order valence-electron chi connectivity index (χ3n) is 4.36. The largest absolute Gasteiger partial charge is 0.332 e. The van der Waals surface area contributed by atoms with Crippen LogP contribution in [-0.4, -0.2) is 30.6 Å². The molecule has 1 aliphatic rings. The summed E-state index contributed by atoms with van der Waals surface area (Å²) in [5, 5.41) is 11.5. The Kier molecular flexibility index (Phi) is 5.11. The van der Waals surface area contributed by atoms with Crippen molar-refractivity contribution in [3.05, 3.63) is 64.7 Å². The Morgan fingerprint density at radius 2 is 1.86 bits per heavy atom. The number of amides is 2. The van der Waals surface area contributed by atoms with E-state index in [2.05, 4.69) is 5.32 Å². The van der Waals surface area contributed by atoms with Crippen LogP contribution in [0.5, 0.6) is 0 Å². The number of sulfonamides is 1. The van der Waals surface area contributed by atoms with Crippen LogP contribution < -0.4 is 5.32 Å². The van der Waals surface area contributed by atoms with Crippen LogP contribution in [0.4, 0.5) is 8.78 Å². The lowest BCUT2D eigenvalue weighted by atomic mass is 10.1. The van der Waals surface area contributed by atoms with E-state index in [1.54, 1.807) is 19.9 Å². The number of fused-ring (bicyclic) bond motifs is 1. The highest BCUT2D eigenvalue weighted by atomic mass is 32.2. The van der Waals surface area contributed by atoms with Crippen LogP contribution in [0.15, 0.2) is 41.3 Å². The maximum Gasteiger partial charge on any atom is 0.269 e. The number of carbonyl (C=O) groups is 2. The molecule has 150 valence electrons. The molecular weight excluding hydrogens is 404 g/mol. The first kappa shape index (κ1) is 20.4. The normalized spacial score (nSPS) is 15.7. The van der Waals surface area contributed by atoms with Gasteiger partial charge in [0, 0.05) is 23.2 Å². The molecule has 0 bridgehead atoms. The topological polar surface area (TPSA) is 107 Å². The Morgan fingerprint density at radius 3 is 2.45 bits per heavy atom. The molecule has 0 aromatic heterocycles. The van der Waals surface area contributed by atoms with Crippen molar-refractivity contribution in [2.24, 2.45) is 0 Å². The summed E-state index contributed by atoms with van der Waals surface area (Å²) in [6, 6.07) is 5.72. The molecule has 0 fully saturated rings. The van der Waals surface area contributed by atoms with Gasteiger partial charge in [-0.15, -0.1) is 0 Å². The fourth-order valence-electron chi connectivity index (χ4n) is 3.03. The quantitative estimate of drug-likeness (QED) is 0.819. The number of halogens is 2. The van der Waals surface area contributed by atoms with Gasteiger partial charge in [-0.3, -0.25) is 9.59 Å². The maximum absolute atomic E-state index is 13.9. The minimum atomic E-state index is -4.11. The second-order valence-electron chi connectivity index (χ2n) is 6.61. The molecule has 2 aromatic rings. The molecule has 1 heterocycles. The molecule has 2 aromatic carbocycles. The van der Waals surface area contributed by atoms with Crippen LogP contribution >= 0.6 is 0 Å². The number of nitrogens with one attached hydrogen (secondary N) is 1. The summed E-state index contributed by atoms with van der Waals surface area (Å²) in [6.45, 7) is 3.09. The van der Waals surface area contributed by atoms with E-state index < -0.39 is 45.6 Å². The second-order valence-corrected chi connectivity index (χ2v) is 8.40. The van der Waals surface area contributed by atoms with Gasteiger partial charge in [0.25, 0.3) is 21.8 Å². The van der Waals surface area contributed by atoms with Crippen molar-refractivity contribution in [2.75, 3.05) is 0 Å². The Hall–Kier alpha value is -3.32. The van der Waals surface area contributed by atoms with Gasteiger partial charge in [0.15, 0.2) is 0 Å². The molecule has 1 aliphatic heterocycles. The van der Waals surface area contributed by atoms with Gasteiger partial charge in [-0.25, -0.2) is 21.5 Å². The first-order valence-electron chi connectivity index (χ1n) is 8.46. The Bertz CT molecular complexity index is 1170. The summed E-state index contributed by atoms with van der Waals surface area (Å²) in [6.07, 6.45) is 0. The van der Waals surface area contributed by atoms with Crippen LogP contribution in [0.3, 0.4) is 0 Å². The van der Waals surface area contributed by atoms with Crippen molar-refractivity contribution in [3.63, 3.8) is 0 Å². The molecule has 7 nitrogen and oxygen atoms in total. The predicted octanol–water partition coefficient (Wildman–Crippen LogP) is 2.51. The van der Waals surface area contributed by atoms with Crippen LogP contribution in [0, 0.1) is 23.0 Å². The average molecular weight is 419 g/mol. The van der Waals surface area contributed by atoms with Crippen molar-refractivity contribution in [1.29, 1.82) is 5.26 Å². The molecule has 0 spiro atoms. The molecule has 0 saturated carbocycles. The van der Waals surface area contributed by atoms with Crippen molar-refractivity contribution >= 4 is 21.8 Å². The Morgan fingerprint density at radius 1 is 1.17 bits per heavy atom. The highest BCUT2D eigenvalue weighted by Crippen LogP contribution is 2.32. The highest BCUT2D eigenvalue weighted by molar-refractivity contribution is 7.90. The SMILES string of the molecule is CC(C)N1C(=O)c2ccc(C(=O)NC(C#N)c3ccc(F)cc3F)cc2S1(=O)=O. The first-order valence-corrected chi connectivity index (χ1v) is 9.90. The minimum Gasteiger partial charge on any atom is -0.332 e. The van der Waals surface area contributed by atoms with E-state index in [9.17, 15) is 32.0 Å². The van der Waals surface area contributed by atoms with Gasteiger partial charge >= 0.3 is 0 Å². The third-order valence-corrected chi connectivity index (χ3v) is 6.36. The minimum absolute atomic E-state index is 0.0586. The lowest BCUT2D eigenvalue weighted by Gasteiger charge is -2.18. The fraction of sp³-hybridized carbons (Fsp3) is 0.211. The van der Waals surface area contributed by atoms with Gasteiger partial charge in [0.2, 0.25) is 0 Å². The molecule has 29 heavy (non-hydrogen) atoms. The van der Waals surface area contributed by atoms with Gasteiger partial charge < -0.3 is 5.32 Å². The predicted molar refractivity (Wildman–Crippen MR) is 97.1 cm³/mol. The van der Waals surface area contributed by atoms with Gasteiger partial charge in [-0.05, 0) is 38.1 Å². The number of benzene rings is 2. The van der Waals surface area contributed by atoms with E-state index in [0.29, 0.717) is 6.07 Å². The zero-order valence-corrected chi connectivity index (χ0v) is 16.1. The molecular formula is C19H15F2N3O4S. The lowest BCUT2D eigenvalue weighted by Crippen LogP contribution is -2.36. The summed E-state index contributed by atoms with van der Waals surface area (Å²) in [7, 11) is -4.11.